The van der Waals surface area contributed by atoms with Gasteiger partial charge in [-0.3, -0.25) is 0 Å². The molecule has 5 heteroatoms. The van der Waals surface area contributed by atoms with Crippen LogP contribution in [0.15, 0.2) is 22.8 Å². The maximum Gasteiger partial charge on any atom is 0.125 e. The van der Waals surface area contributed by atoms with Crippen molar-refractivity contribution in [3.05, 3.63) is 24.2 Å². The Morgan fingerprint density at radius 2 is 2.25 bits per heavy atom. The molecule has 20 heavy (non-hydrogen) atoms. The molecule has 0 unspecified atom stereocenters. The zero-order valence-electron chi connectivity index (χ0n) is 11.8. The molecule has 1 fully saturated rings. The molecule has 2 aromatic rings. The van der Waals surface area contributed by atoms with Gasteiger partial charge in [0.05, 0.1) is 25.1 Å². The van der Waals surface area contributed by atoms with Crippen molar-refractivity contribution in [3.8, 4) is 11.3 Å². The lowest BCUT2D eigenvalue weighted by molar-refractivity contribution is 0.270. The molecule has 2 aromatic heterocycles. The average molecular weight is 275 g/mol. The first-order chi connectivity index (χ1) is 9.78. The van der Waals surface area contributed by atoms with Crippen LogP contribution in [0.3, 0.4) is 0 Å². The van der Waals surface area contributed by atoms with Crippen LogP contribution < -0.4 is 5.32 Å². The van der Waals surface area contributed by atoms with Crippen LogP contribution in [0.1, 0.15) is 31.4 Å². The number of rotatable bonds is 5. The van der Waals surface area contributed by atoms with E-state index in [-0.39, 0.29) is 6.61 Å². The van der Waals surface area contributed by atoms with Crippen LogP contribution in [0.5, 0.6) is 0 Å². The molecule has 0 radical (unpaired) electrons. The third-order valence-electron chi connectivity index (χ3n) is 3.93. The summed E-state index contributed by atoms with van der Waals surface area (Å²) in [5.41, 5.74) is 1.90. The van der Waals surface area contributed by atoms with Gasteiger partial charge in [-0.2, -0.15) is 5.10 Å². The van der Waals surface area contributed by atoms with E-state index in [2.05, 4.69) is 10.4 Å². The molecular formula is C15H21N3O2. The highest BCUT2D eigenvalue weighted by Gasteiger charge is 2.18. The van der Waals surface area contributed by atoms with Crippen molar-refractivity contribution >= 4 is 5.82 Å². The largest absolute Gasteiger partial charge is 0.469 e. The summed E-state index contributed by atoms with van der Waals surface area (Å²) in [5, 5.41) is 17.3. The predicted molar refractivity (Wildman–Crippen MR) is 77.6 cm³/mol. The standard InChI is InChI=1S/C15H21N3O2/c1-11-13(6-9-20-11)14-10-15(18(17-14)7-8-19)16-12-4-2-3-5-12/h6,9-10,12,16,19H,2-5,7-8H2,1H3. The Labute approximate surface area is 118 Å². The van der Waals surface area contributed by atoms with Crippen molar-refractivity contribution in [1.29, 1.82) is 0 Å². The topological polar surface area (TPSA) is 63.2 Å². The van der Waals surface area contributed by atoms with E-state index in [0.717, 1.165) is 22.8 Å². The van der Waals surface area contributed by atoms with Gasteiger partial charge in [0.2, 0.25) is 0 Å². The lowest BCUT2D eigenvalue weighted by Crippen LogP contribution is -2.18. The Kier molecular flexibility index (Phi) is 3.78. The number of nitrogens with one attached hydrogen (secondary N) is 1. The Balaban J connectivity index is 1.87. The number of aliphatic hydroxyl groups is 1. The first-order valence-corrected chi connectivity index (χ1v) is 7.27. The summed E-state index contributed by atoms with van der Waals surface area (Å²) in [6.45, 7) is 2.53. The van der Waals surface area contributed by atoms with Crippen LogP contribution in [0.4, 0.5) is 5.82 Å². The molecule has 0 atom stereocenters. The number of hydrogen-bond donors (Lipinski definition) is 2. The summed E-state index contributed by atoms with van der Waals surface area (Å²) in [6, 6.07) is 4.51. The van der Waals surface area contributed by atoms with E-state index in [4.69, 9.17) is 4.42 Å². The van der Waals surface area contributed by atoms with Gasteiger partial charge in [-0.15, -0.1) is 0 Å². The van der Waals surface area contributed by atoms with Crippen molar-refractivity contribution in [2.45, 2.75) is 45.2 Å². The molecule has 3 rings (SSSR count). The lowest BCUT2D eigenvalue weighted by Gasteiger charge is -2.14. The minimum atomic E-state index is 0.0881. The Morgan fingerprint density at radius 1 is 1.45 bits per heavy atom. The first-order valence-electron chi connectivity index (χ1n) is 7.27. The Hall–Kier alpha value is -1.75. The Bertz CT molecular complexity index is 567. The van der Waals surface area contributed by atoms with Crippen molar-refractivity contribution in [2.75, 3.05) is 11.9 Å². The van der Waals surface area contributed by atoms with Crippen molar-refractivity contribution in [3.63, 3.8) is 0 Å². The maximum atomic E-state index is 9.19. The molecule has 1 saturated carbocycles. The monoisotopic (exact) mass is 275 g/mol. The molecule has 0 amide bonds. The quantitative estimate of drug-likeness (QED) is 0.880. The summed E-state index contributed by atoms with van der Waals surface area (Å²) in [7, 11) is 0. The van der Waals surface area contributed by atoms with E-state index in [1.807, 2.05) is 23.7 Å². The summed E-state index contributed by atoms with van der Waals surface area (Å²) in [4.78, 5) is 0. The predicted octanol–water partition coefficient (Wildman–Crippen LogP) is 2.80. The fourth-order valence-electron chi connectivity index (χ4n) is 2.86. The van der Waals surface area contributed by atoms with Gasteiger partial charge in [-0.1, -0.05) is 12.8 Å². The molecule has 0 spiro atoms. The fourth-order valence-corrected chi connectivity index (χ4v) is 2.86. The van der Waals surface area contributed by atoms with Crippen LogP contribution in [0.2, 0.25) is 0 Å². The van der Waals surface area contributed by atoms with Gasteiger partial charge in [0, 0.05) is 17.7 Å². The van der Waals surface area contributed by atoms with Crippen LogP contribution >= 0.6 is 0 Å². The van der Waals surface area contributed by atoms with Gasteiger partial charge in [0.1, 0.15) is 11.6 Å². The number of aliphatic hydroxyl groups excluding tert-OH is 1. The van der Waals surface area contributed by atoms with Gasteiger partial charge >= 0.3 is 0 Å². The van der Waals surface area contributed by atoms with E-state index in [0.29, 0.717) is 12.6 Å². The second kappa shape index (κ2) is 5.71. The Morgan fingerprint density at radius 3 is 2.90 bits per heavy atom. The normalized spacial score (nSPS) is 15.9. The number of hydrogen-bond acceptors (Lipinski definition) is 4. The van der Waals surface area contributed by atoms with Gasteiger partial charge in [0.25, 0.3) is 0 Å². The summed E-state index contributed by atoms with van der Waals surface area (Å²) < 4.78 is 7.19. The summed E-state index contributed by atoms with van der Waals surface area (Å²) in [5.74, 6) is 1.85. The van der Waals surface area contributed by atoms with E-state index >= 15 is 0 Å². The SMILES string of the molecule is Cc1occc1-c1cc(NC2CCCC2)n(CCO)n1. The van der Waals surface area contributed by atoms with Gasteiger partial charge in [0.15, 0.2) is 0 Å². The number of furan rings is 1. The number of aryl methyl sites for hydroxylation is 1. The number of anilines is 1. The van der Waals surface area contributed by atoms with Gasteiger partial charge in [-0.05, 0) is 25.8 Å². The van der Waals surface area contributed by atoms with E-state index in [1.54, 1.807) is 6.26 Å². The van der Waals surface area contributed by atoms with Crippen LogP contribution in [0.25, 0.3) is 11.3 Å². The van der Waals surface area contributed by atoms with Crippen LogP contribution in [0, 0.1) is 6.92 Å². The molecule has 0 saturated heterocycles. The minimum absolute atomic E-state index is 0.0881. The molecule has 108 valence electrons. The maximum absolute atomic E-state index is 9.19. The number of nitrogens with zero attached hydrogens (tertiary/aromatic N) is 2. The highest BCUT2D eigenvalue weighted by molar-refractivity contribution is 5.64. The van der Waals surface area contributed by atoms with Crippen molar-refractivity contribution in [2.24, 2.45) is 0 Å². The lowest BCUT2D eigenvalue weighted by atomic mass is 10.2. The fraction of sp³-hybridized carbons (Fsp3) is 0.533. The minimum Gasteiger partial charge on any atom is -0.469 e. The van der Waals surface area contributed by atoms with E-state index < -0.39 is 0 Å². The summed E-state index contributed by atoms with van der Waals surface area (Å²) >= 11 is 0. The highest BCUT2D eigenvalue weighted by Crippen LogP contribution is 2.28. The van der Waals surface area contributed by atoms with Crippen LogP contribution in [-0.2, 0) is 6.54 Å². The molecule has 0 aliphatic heterocycles. The highest BCUT2D eigenvalue weighted by atomic mass is 16.3. The molecule has 5 nitrogen and oxygen atoms in total. The molecule has 2 N–H and O–H groups in total. The van der Waals surface area contributed by atoms with Gasteiger partial charge < -0.3 is 14.8 Å². The second-order valence-corrected chi connectivity index (χ2v) is 5.38. The van der Waals surface area contributed by atoms with Crippen LogP contribution in [-0.4, -0.2) is 27.5 Å². The summed E-state index contributed by atoms with van der Waals surface area (Å²) in [6.07, 6.45) is 6.69. The first kappa shape index (κ1) is 13.2. The second-order valence-electron chi connectivity index (χ2n) is 5.38. The molecule has 0 bridgehead atoms. The van der Waals surface area contributed by atoms with Crippen molar-refractivity contribution < 1.29 is 9.52 Å². The zero-order valence-corrected chi connectivity index (χ0v) is 11.8. The molecule has 2 heterocycles. The smallest absolute Gasteiger partial charge is 0.125 e. The average Bonchev–Trinajstić information content (AvgIpc) is 3.13. The van der Waals surface area contributed by atoms with E-state index in [9.17, 15) is 5.11 Å². The third-order valence-corrected chi connectivity index (χ3v) is 3.93. The molecule has 1 aliphatic carbocycles. The third kappa shape index (κ3) is 2.58. The van der Waals surface area contributed by atoms with E-state index in [1.165, 1.54) is 25.7 Å². The van der Waals surface area contributed by atoms with Gasteiger partial charge in [-0.25, -0.2) is 4.68 Å². The molecule has 0 aromatic carbocycles. The molecular weight excluding hydrogens is 254 g/mol. The zero-order chi connectivity index (χ0) is 13.9. The number of aromatic nitrogens is 2. The molecule has 1 aliphatic rings. The van der Waals surface area contributed by atoms with Crippen molar-refractivity contribution in [1.82, 2.24) is 9.78 Å².